The lowest BCUT2D eigenvalue weighted by molar-refractivity contribution is -0.121. The van der Waals surface area contributed by atoms with E-state index in [2.05, 4.69) is 29.3 Å². The largest absolute Gasteiger partial charge is 0.303 e. The minimum Gasteiger partial charge on any atom is -0.303 e. The van der Waals surface area contributed by atoms with Crippen LogP contribution >= 0.6 is 0 Å². The van der Waals surface area contributed by atoms with Crippen molar-refractivity contribution in [2.45, 2.75) is 52.4 Å². The number of nitrogens with zero attached hydrogens (tertiary/aromatic N) is 2. The zero-order valence-electron chi connectivity index (χ0n) is 11.2. The molecule has 1 rings (SSSR count). The van der Waals surface area contributed by atoms with Gasteiger partial charge in [-0.2, -0.15) is 5.10 Å². The second-order valence-electron chi connectivity index (χ2n) is 4.66. The number of carbonyl (C=O) groups excluding carboxylic acids is 1. The number of hydrogen-bond donors (Lipinski definition) is 1. The highest BCUT2D eigenvalue weighted by Gasteiger charge is 2.14. The van der Waals surface area contributed by atoms with Crippen molar-refractivity contribution in [3.05, 3.63) is 0 Å². The van der Waals surface area contributed by atoms with E-state index in [1.165, 1.54) is 13.0 Å². The summed E-state index contributed by atoms with van der Waals surface area (Å²) in [5.41, 5.74) is 3.81. The molecule has 0 aromatic carbocycles. The summed E-state index contributed by atoms with van der Waals surface area (Å²) in [6, 6.07) is 0. The van der Waals surface area contributed by atoms with Gasteiger partial charge in [-0.25, -0.2) is 5.43 Å². The zero-order chi connectivity index (χ0) is 12.5. The molecular formula is C13H25N3O. The summed E-state index contributed by atoms with van der Waals surface area (Å²) in [5.74, 6) is 0.0512. The molecule has 1 aliphatic heterocycles. The molecule has 0 aromatic rings. The van der Waals surface area contributed by atoms with Crippen LogP contribution in [0, 0.1) is 0 Å². The number of amides is 1. The van der Waals surface area contributed by atoms with E-state index < -0.39 is 0 Å². The standard InChI is InChI=1S/C13H25N3O/c1-3-5-6-13(17)15-14-12-7-10-16(9-4-2)11-8-12/h3-11H2,1-2H3,(H,15,17). The topological polar surface area (TPSA) is 44.7 Å². The third-order valence-corrected chi connectivity index (χ3v) is 3.07. The van der Waals surface area contributed by atoms with E-state index in [4.69, 9.17) is 0 Å². The molecule has 98 valence electrons. The summed E-state index contributed by atoms with van der Waals surface area (Å²) in [4.78, 5) is 13.8. The third kappa shape index (κ3) is 5.82. The summed E-state index contributed by atoms with van der Waals surface area (Å²) in [5, 5.41) is 4.22. The number of nitrogens with one attached hydrogen (secondary N) is 1. The number of rotatable bonds is 6. The Balaban J connectivity index is 2.21. The molecule has 1 saturated heterocycles. The van der Waals surface area contributed by atoms with Crippen LogP contribution in [0.2, 0.25) is 0 Å². The van der Waals surface area contributed by atoms with Crippen molar-refractivity contribution >= 4 is 11.6 Å². The first-order valence-electron chi connectivity index (χ1n) is 6.82. The molecule has 1 aliphatic rings. The van der Waals surface area contributed by atoms with Crippen LogP contribution in [-0.4, -0.2) is 36.2 Å². The van der Waals surface area contributed by atoms with Gasteiger partial charge in [-0.1, -0.05) is 20.3 Å². The molecule has 0 aromatic heterocycles. The Kier molecular flexibility index (Phi) is 6.86. The van der Waals surface area contributed by atoms with Crippen LogP contribution in [0.4, 0.5) is 0 Å². The molecule has 0 atom stereocenters. The highest BCUT2D eigenvalue weighted by atomic mass is 16.2. The van der Waals surface area contributed by atoms with E-state index in [0.717, 1.165) is 44.5 Å². The summed E-state index contributed by atoms with van der Waals surface area (Å²) in [6.45, 7) is 7.63. The van der Waals surface area contributed by atoms with Gasteiger partial charge in [-0.3, -0.25) is 4.79 Å². The molecule has 0 aliphatic carbocycles. The van der Waals surface area contributed by atoms with E-state index in [0.29, 0.717) is 6.42 Å². The molecule has 4 nitrogen and oxygen atoms in total. The monoisotopic (exact) mass is 239 g/mol. The van der Waals surface area contributed by atoms with Gasteiger partial charge in [0.1, 0.15) is 0 Å². The lowest BCUT2D eigenvalue weighted by atomic mass is 10.1. The minimum atomic E-state index is 0.0512. The molecule has 1 amide bonds. The Hall–Kier alpha value is -0.900. The van der Waals surface area contributed by atoms with Crippen LogP contribution in [0.15, 0.2) is 5.10 Å². The smallest absolute Gasteiger partial charge is 0.240 e. The maximum Gasteiger partial charge on any atom is 0.240 e. The number of carbonyl (C=O) groups is 1. The van der Waals surface area contributed by atoms with Crippen molar-refractivity contribution in [2.24, 2.45) is 5.10 Å². The molecule has 1 N–H and O–H groups in total. The van der Waals surface area contributed by atoms with E-state index in [9.17, 15) is 4.79 Å². The molecule has 0 spiro atoms. The molecule has 17 heavy (non-hydrogen) atoms. The Morgan fingerprint density at radius 3 is 2.59 bits per heavy atom. The van der Waals surface area contributed by atoms with E-state index in [-0.39, 0.29) is 5.91 Å². The van der Waals surface area contributed by atoms with Gasteiger partial charge in [0.15, 0.2) is 0 Å². The van der Waals surface area contributed by atoms with Gasteiger partial charge < -0.3 is 4.90 Å². The Labute approximate surface area is 104 Å². The molecule has 0 radical (unpaired) electrons. The van der Waals surface area contributed by atoms with Crippen LogP contribution < -0.4 is 5.43 Å². The van der Waals surface area contributed by atoms with Crippen molar-refractivity contribution < 1.29 is 4.79 Å². The first kappa shape index (κ1) is 14.2. The Morgan fingerprint density at radius 2 is 2.00 bits per heavy atom. The third-order valence-electron chi connectivity index (χ3n) is 3.07. The lowest BCUT2D eigenvalue weighted by Gasteiger charge is -2.26. The molecule has 0 unspecified atom stereocenters. The molecule has 1 fully saturated rings. The van der Waals surface area contributed by atoms with Gasteiger partial charge in [0.25, 0.3) is 0 Å². The lowest BCUT2D eigenvalue weighted by Crippen LogP contribution is -2.35. The zero-order valence-corrected chi connectivity index (χ0v) is 11.2. The SMILES string of the molecule is CCCCC(=O)NN=C1CCN(CCC)CC1. The average molecular weight is 239 g/mol. The second-order valence-corrected chi connectivity index (χ2v) is 4.66. The van der Waals surface area contributed by atoms with Crippen molar-refractivity contribution in [1.29, 1.82) is 0 Å². The van der Waals surface area contributed by atoms with Crippen molar-refractivity contribution in [3.8, 4) is 0 Å². The van der Waals surface area contributed by atoms with E-state index in [1.54, 1.807) is 0 Å². The van der Waals surface area contributed by atoms with Crippen molar-refractivity contribution in [2.75, 3.05) is 19.6 Å². The first-order chi connectivity index (χ1) is 8.26. The molecule has 4 heteroatoms. The van der Waals surface area contributed by atoms with Gasteiger partial charge in [0.05, 0.1) is 0 Å². The molecule has 0 bridgehead atoms. The Morgan fingerprint density at radius 1 is 1.29 bits per heavy atom. The predicted molar refractivity (Wildman–Crippen MR) is 71.1 cm³/mol. The molecule has 1 heterocycles. The van der Waals surface area contributed by atoms with Crippen LogP contribution in [-0.2, 0) is 4.79 Å². The molecular weight excluding hydrogens is 214 g/mol. The fourth-order valence-corrected chi connectivity index (χ4v) is 2.00. The minimum absolute atomic E-state index is 0.0512. The van der Waals surface area contributed by atoms with E-state index in [1.807, 2.05) is 0 Å². The average Bonchev–Trinajstić information content (AvgIpc) is 2.36. The van der Waals surface area contributed by atoms with E-state index >= 15 is 0 Å². The van der Waals surface area contributed by atoms with Crippen LogP contribution in [0.1, 0.15) is 52.4 Å². The van der Waals surface area contributed by atoms with Crippen molar-refractivity contribution in [3.63, 3.8) is 0 Å². The number of likely N-dealkylation sites (tertiary alicyclic amines) is 1. The van der Waals surface area contributed by atoms with Gasteiger partial charge in [0, 0.05) is 38.1 Å². The number of hydrazone groups is 1. The number of hydrogen-bond acceptors (Lipinski definition) is 3. The quantitative estimate of drug-likeness (QED) is 0.722. The Bertz CT molecular complexity index is 253. The first-order valence-corrected chi connectivity index (χ1v) is 6.82. The number of unbranched alkanes of at least 4 members (excludes halogenated alkanes) is 1. The van der Waals surface area contributed by atoms with Gasteiger partial charge in [0.2, 0.25) is 5.91 Å². The maximum atomic E-state index is 11.4. The van der Waals surface area contributed by atoms with Gasteiger partial charge >= 0.3 is 0 Å². The summed E-state index contributed by atoms with van der Waals surface area (Å²) in [7, 11) is 0. The predicted octanol–water partition coefficient (Wildman–Crippen LogP) is 2.15. The van der Waals surface area contributed by atoms with Gasteiger partial charge in [-0.05, 0) is 19.4 Å². The normalized spacial score (nSPS) is 16.9. The highest BCUT2D eigenvalue weighted by molar-refractivity contribution is 5.87. The number of piperidine rings is 1. The van der Waals surface area contributed by atoms with Crippen LogP contribution in [0.25, 0.3) is 0 Å². The van der Waals surface area contributed by atoms with Crippen LogP contribution in [0.5, 0.6) is 0 Å². The fraction of sp³-hybridized carbons (Fsp3) is 0.846. The summed E-state index contributed by atoms with van der Waals surface area (Å²) < 4.78 is 0. The highest BCUT2D eigenvalue weighted by Crippen LogP contribution is 2.07. The van der Waals surface area contributed by atoms with Crippen LogP contribution in [0.3, 0.4) is 0 Å². The van der Waals surface area contributed by atoms with Gasteiger partial charge in [-0.15, -0.1) is 0 Å². The second kappa shape index (κ2) is 8.23. The molecule has 0 saturated carbocycles. The summed E-state index contributed by atoms with van der Waals surface area (Å²) >= 11 is 0. The summed E-state index contributed by atoms with van der Waals surface area (Å²) in [6.07, 6.45) is 5.79. The maximum absolute atomic E-state index is 11.4. The fourth-order valence-electron chi connectivity index (χ4n) is 2.00. The van der Waals surface area contributed by atoms with Crippen molar-refractivity contribution in [1.82, 2.24) is 10.3 Å².